The summed E-state index contributed by atoms with van der Waals surface area (Å²) >= 11 is 3.50. The lowest BCUT2D eigenvalue weighted by Gasteiger charge is -2.04. The van der Waals surface area contributed by atoms with Gasteiger partial charge in [-0.1, -0.05) is 0 Å². The third kappa shape index (κ3) is 4.19. The van der Waals surface area contributed by atoms with Gasteiger partial charge in [-0.15, -0.1) is 11.8 Å². The molecule has 0 aliphatic carbocycles. The molecule has 1 aromatic rings. The van der Waals surface area contributed by atoms with E-state index in [0.29, 0.717) is 0 Å². The van der Waals surface area contributed by atoms with Gasteiger partial charge in [-0.2, -0.15) is 11.8 Å². The molecular formula is C9H15N3S2. The van der Waals surface area contributed by atoms with Gasteiger partial charge < -0.3 is 5.32 Å². The van der Waals surface area contributed by atoms with Crippen molar-refractivity contribution in [2.24, 2.45) is 0 Å². The number of anilines is 1. The van der Waals surface area contributed by atoms with E-state index in [2.05, 4.69) is 21.5 Å². The predicted molar refractivity (Wildman–Crippen MR) is 65.3 cm³/mol. The molecule has 0 saturated heterocycles. The second-order valence-electron chi connectivity index (χ2n) is 2.72. The van der Waals surface area contributed by atoms with Crippen molar-refractivity contribution >= 4 is 29.3 Å². The molecule has 0 amide bonds. The Hall–Kier alpha value is -0.420. The van der Waals surface area contributed by atoms with E-state index in [1.54, 1.807) is 18.1 Å². The summed E-state index contributed by atoms with van der Waals surface area (Å²) in [4.78, 5) is 8.25. The Balaban J connectivity index is 2.34. The molecular weight excluding hydrogens is 214 g/mol. The molecule has 0 bridgehead atoms. The normalized spacial score (nSPS) is 10.1. The van der Waals surface area contributed by atoms with Crippen molar-refractivity contribution in [1.82, 2.24) is 9.97 Å². The minimum Gasteiger partial charge on any atom is -0.370 e. The molecule has 3 nitrogen and oxygen atoms in total. The third-order valence-electron chi connectivity index (χ3n) is 1.68. The highest BCUT2D eigenvalue weighted by Crippen LogP contribution is 2.13. The van der Waals surface area contributed by atoms with Crippen molar-refractivity contribution in [2.45, 2.75) is 11.4 Å². The first-order valence-electron chi connectivity index (χ1n) is 4.45. The largest absolute Gasteiger partial charge is 0.370 e. The summed E-state index contributed by atoms with van der Waals surface area (Å²) in [5, 5.41) is 4.28. The Morgan fingerprint density at radius 3 is 2.93 bits per heavy atom. The monoisotopic (exact) mass is 229 g/mol. The number of hydrogen-bond acceptors (Lipinski definition) is 5. The Morgan fingerprint density at radius 1 is 1.36 bits per heavy atom. The molecule has 0 spiro atoms. The molecule has 14 heavy (non-hydrogen) atoms. The van der Waals surface area contributed by atoms with Gasteiger partial charge in [0.1, 0.15) is 17.2 Å². The first-order valence-corrected chi connectivity index (χ1v) is 7.07. The molecule has 1 aromatic heterocycles. The molecule has 5 heteroatoms. The van der Waals surface area contributed by atoms with Gasteiger partial charge in [0.15, 0.2) is 0 Å². The van der Waals surface area contributed by atoms with Crippen LogP contribution in [0.4, 0.5) is 5.82 Å². The predicted octanol–water partition coefficient (Wildman–Crippen LogP) is 2.36. The Bertz CT molecular complexity index is 268. The summed E-state index contributed by atoms with van der Waals surface area (Å²) in [6.45, 7) is 0.978. The van der Waals surface area contributed by atoms with E-state index in [9.17, 15) is 0 Å². The smallest absolute Gasteiger partial charge is 0.130 e. The summed E-state index contributed by atoms with van der Waals surface area (Å²) in [6, 6.07) is 1.98. The molecule has 0 aromatic carbocycles. The SMILES string of the molecule is CSCCCNc1cc(SC)ncn1. The average Bonchev–Trinajstić information content (AvgIpc) is 2.25. The van der Waals surface area contributed by atoms with Gasteiger partial charge in [0.05, 0.1) is 0 Å². The quantitative estimate of drug-likeness (QED) is 0.460. The fourth-order valence-electron chi connectivity index (χ4n) is 0.981. The second kappa shape index (κ2) is 6.95. The number of aromatic nitrogens is 2. The Labute approximate surface area is 93.5 Å². The van der Waals surface area contributed by atoms with Crippen LogP contribution in [-0.2, 0) is 0 Å². The van der Waals surface area contributed by atoms with Gasteiger partial charge in [0.25, 0.3) is 0 Å². The van der Waals surface area contributed by atoms with Crippen LogP contribution >= 0.6 is 23.5 Å². The zero-order valence-electron chi connectivity index (χ0n) is 8.49. The summed E-state index contributed by atoms with van der Waals surface area (Å²) in [7, 11) is 0. The maximum Gasteiger partial charge on any atom is 0.130 e. The van der Waals surface area contributed by atoms with Crippen LogP contribution in [0.5, 0.6) is 0 Å². The zero-order valence-corrected chi connectivity index (χ0v) is 10.1. The topological polar surface area (TPSA) is 37.8 Å². The van der Waals surface area contributed by atoms with Crippen LogP contribution in [0.15, 0.2) is 17.4 Å². The van der Waals surface area contributed by atoms with Crippen molar-refractivity contribution in [1.29, 1.82) is 0 Å². The summed E-state index contributed by atoms with van der Waals surface area (Å²) in [6.07, 6.45) is 6.90. The van der Waals surface area contributed by atoms with Gasteiger partial charge in [-0.3, -0.25) is 0 Å². The van der Waals surface area contributed by atoms with E-state index in [4.69, 9.17) is 0 Å². The van der Waals surface area contributed by atoms with Crippen molar-refractivity contribution in [3.8, 4) is 0 Å². The van der Waals surface area contributed by atoms with Crippen molar-refractivity contribution in [3.63, 3.8) is 0 Å². The Morgan fingerprint density at radius 2 is 2.21 bits per heavy atom. The van der Waals surface area contributed by atoms with Crippen LogP contribution in [0.3, 0.4) is 0 Å². The summed E-state index contributed by atoms with van der Waals surface area (Å²) in [5.41, 5.74) is 0. The number of rotatable bonds is 6. The first kappa shape index (κ1) is 11.7. The maximum absolute atomic E-state index is 4.14. The highest BCUT2D eigenvalue weighted by Gasteiger charge is 1.96. The molecule has 0 aliphatic heterocycles. The molecule has 1 heterocycles. The molecule has 0 unspecified atom stereocenters. The molecule has 0 fully saturated rings. The van der Waals surface area contributed by atoms with Crippen LogP contribution in [0.25, 0.3) is 0 Å². The molecule has 0 aliphatic rings. The van der Waals surface area contributed by atoms with Crippen LogP contribution in [0, 0.1) is 0 Å². The Kier molecular flexibility index (Phi) is 5.78. The van der Waals surface area contributed by atoms with E-state index in [1.165, 1.54) is 12.2 Å². The minimum atomic E-state index is 0.922. The van der Waals surface area contributed by atoms with Gasteiger partial charge in [0, 0.05) is 12.6 Å². The standard InChI is InChI=1S/C9H15N3S2/c1-13-5-3-4-10-8-6-9(14-2)12-7-11-8/h6-7H,3-5H2,1-2H3,(H,10,11,12). The average molecular weight is 229 g/mol. The highest BCUT2D eigenvalue weighted by molar-refractivity contribution is 7.98. The highest BCUT2D eigenvalue weighted by atomic mass is 32.2. The van der Waals surface area contributed by atoms with Crippen molar-refractivity contribution in [2.75, 3.05) is 30.1 Å². The lowest BCUT2D eigenvalue weighted by molar-refractivity contribution is 0.963. The summed E-state index contributed by atoms with van der Waals surface area (Å²) in [5.74, 6) is 2.11. The maximum atomic E-state index is 4.14. The number of thioether (sulfide) groups is 2. The van der Waals surface area contributed by atoms with Crippen molar-refractivity contribution < 1.29 is 0 Å². The number of nitrogens with one attached hydrogen (secondary N) is 1. The number of hydrogen-bond donors (Lipinski definition) is 1. The summed E-state index contributed by atoms with van der Waals surface area (Å²) < 4.78 is 0. The minimum absolute atomic E-state index is 0.922. The lowest BCUT2D eigenvalue weighted by atomic mass is 10.4. The molecule has 0 radical (unpaired) electrons. The van der Waals surface area contributed by atoms with E-state index >= 15 is 0 Å². The first-order chi connectivity index (χ1) is 6.86. The molecule has 78 valence electrons. The molecule has 1 N–H and O–H groups in total. The molecule has 0 atom stereocenters. The van der Waals surface area contributed by atoms with Gasteiger partial charge in [-0.05, 0) is 24.7 Å². The third-order valence-corrected chi connectivity index (χ3v) is 3.02. The van der Waals surface area contributed by atoms with Crippen LogP contribution in [0.1, 0.15) is 6.42 Å². The zero-order chi connectivity index (χ0) is 10.2. The van der Waals surface area contributed by atoms with Gasteiger partial charge in [0.2, 0.25) is 0 Å². The van der Waals surface area contributed by atoms with E-state index < -0.39 is 0 Å². The molecule has 0 saturated carbocycles. The van der Waals surface area contributed by atoms with Crippen LogP contribution in [0.2, 0.25) is 0 Å². The fraction of sp³-hybridized carbons (Fsp3) is 0.556. The number of nitrogens with zero attached hydrogens (tertiary/aromatic N) is 2. The fourth-order valence-corrected chi connectivity index (χ4v) is 1.80. The van der Waals surface area contributed by atoms with Crippen molar-refractivity contribution in [3.05, 3.63) is 12.4 Å². The second-order valence-corrected chi connectivity index (χ2v) is 4.53. The van der Waals surface area contributed by atoms with E-state index in [-0.39, 0.29) is 0 Å². The lowest BCUT2D eigenvalue weighted by Crippen LogP contribution is -2.04. The van der Waals surface area contributed by atoms with Crippen LogP contribution in [-0.4, -0.2) is 34.8 Å². The van der Waals surface area contributed by atoms with E-state index in [1.807, 2.05) is 24.1 Å². The van der Waals surface area contributed by atoms with E-state index in [0.717, 1.165) is 17.4 Å². The van der Waals surface area contributed by atoms with Gasteiger partial charge >= 0.3 is 0 Å². The van der Waals surface area contributed by atoms with Gasteiger partial charge in [-0.25, -0.2) is 9.97 Å². The van der Waals surface area contributed by atoms with Crippen LogP contribution < -0.4 is 5.32 Å². The molecule has 1 rings (SSSR count).